The summed E-state index contributed by atoms with van der Waals surface area (Å²) in [7, 11) is 0. The molecule has 0 bridgehead atoms. The first-order valence-electron chi connectivity index (χ1n) is 7.95. The Morgan fingerprint density at radius 2 is 1.79 bits per heavy atom. The SMILES string of the molecule is CCc1ccc(-c2ccc(SC(C)(C)C(=O)O)s2)c2ccccc12. The molecule has 124 valence electrons. The van der Waals surface area contributed by atoms with Gasteiger partial charge >= 0.3 is 5.97 Å². The Bertz CT molecular complexity index is 894. The van der Waals surface area contributed by atoms with Gasteiger partial charge in [-0.2, -0.15) is 0 Å². The Morgan fingerprint density at radius 3 is 2.46 bits per heavy atom. The third-order valence-corrected chi connectivity index (χ3v) is 6.55. The molecule has 0 atom stereocenters. The molecule has 4 heteroatoms. The van der Waals surface area contributed by atoms with E-state index in [2.05, 4.69) is 49.4 Å². The van der Waals surface area contributed by atoms with Gasteiger partial charge in [-0.05, 0) is 54.3 Å². The van der Waals surface area contributed by atoms with Crippen LogP contribution < -0.4 is 0 Å². The van der Waals surface area contributed by atoms with Crippen molar-refractivity contribution in [3.05, 3.63) is 54.1 Å². The minimum absolute atomic E-state index is 0.791. The average molecular weight is 357 g/mol. The lowest BCUT2D eigenvalue weighted by Gasteiger charge is -2.16. The van der Waals surface area contributed by atoms with E-state index in [4.69, 9.17) is 0 Å². The number of aryl methyl sites for hydroxylation is 1. The molecule has 1 heterocycles. The van der Waals surface area contributed by atoms with Crippen LogP contribution in [-0.2, 0) is 11.2 Å². The summed E-state index contributed by atoms with van der Waals surface area (Å²) in [4.78, 5) is 12.5. The quantitative estimate of drug-likeness (QED) is 0.562. The van der Waals surface area contributed by atoms with E-state index in [1.54, 1.807) is 25.2 Å². The van der Waals surface area contributed by atoms with E-state index in [0.29, 0.717) is 0 Å². The van der Waals surface area contributed by atoms with Crippen molar-refractivity contribution in [3.8, 4) is 10.4 Å². The third kappa shape index (κ3) is 3.21. The van der Waals surface area contributed by atoms with E-state index in [1.807, 2.05) is 6.07 Å². The summed E-state index contributed by atoms with van der Waals surface area (Å²) in [5, 5.41) is 11.9. The third-order valence-electron chi connectivity index (χ3n) is 4.11. The van der Waals surface area contributed by atoms with Crippen LogP contribution in [0.2, 0.25) is 0 Å². The van der Waals surface area contributed by atoms with Crippen LogP contribution in [0.1, 0.15) is 26.3 Å². The number of carboxylic acids is 1. The number of fused-ring (bicyclic) bond motifs is 1. The minimum Gasteiger partial charge on any atom is -0.480 e. The van der Waals surface area contributed by atoms with Gasteiger partial charge in [0, 0.05) is 4.88 Å². The van der Waals surface area contributed by atoms with E-state index in [9.17, 15) is 9.90 Å². The van der Waals surface area contributed by atoms with E-state index in [1.165, 1.54) is 38.5 Å². The second-order valence-electron chi connectivity index (χ2n) is 6.21. The van der Waals surface area contributed by atoms with E-state index < -0.39 is 10.7 Å². The molecule has 0 aliphatic rings. The zero-order valence-electron chi connectivity index (χ0n) is 14.0. The van der Waals surface area contributed by atoms with Crippen molar-refractivity contribution in [3.63, 3.8) is 0 Å². The number of thiophene rings is 1. The smallest absolute Gasteiger partial charge is 0.319 e. The van der Waals surface area contributed by atoms with E-state index in [0.717, 1.165) is 10.6 Å². The summed E-state index contributed by atoms with van der Waals surface area (Å²) >= 11 is 3.06. The first kappa shape index (κ1) is 17.1. The van der Waals surface area contributed by atoms with Gasteiger partial charge in [-0.1, -0.05) is 55.1 Å². The molecule has 0 saturated carbocycles. The molecule has 24 heavy (non-hydrogen) atoms. The van der Waals surface area contributed by atoms with Gasteiger partial charge in [-0.15, -0.1) is 11.3 Å². The molecule has 0 aliphatic heterocycles. The van der Waals surface area contributed by atoms with Crippen molar-refractivity contribution in [2.75, 3.05) is 0 Å². The normalized spacial score (nSPS) is 11.8. The summed E-state index contributed by atoms with van der Waals surface area (Å²) in [6.45, 7) is 5.66. The highest BCUT2D eigenvalue weighted by Crippen LogP contribution is 2.42. The Morgan fingerprint density at radius 1 is 1.08 bits per heavy atom. The van der Waals surface area contributed by atoms with Crippen LogP contribution in [0, 0.1) is 0 Å². The van der Waals surface area contributed by atoms with Crippen LogP contribution in [0.4, 0.5) is 0 Å². The lowest BCUT2D eigenvalue weighted by atomic mass is 9.97. The monoisotopic (exact) mass is 356 g/mol. The van der Waals surface area contributed by atoms with Gasteiger partial charge in [0.2, 0.25) is 0 Å². The summed E-state index contributed by atoms with van der Waals surface area (Å²) in [6.07, 6.45) is 1.01. The molecule has 1 N–H and O–H groups in total. The number of hydrogen-bond donors (Lipinski definition) is 1. The number of benzene rings is 2. The molecular weight excluding hydrogens is 336 g/mol. The molecule has 0 saturated heterocycles. The molecule has 0 spiro atoms. The number of aliphatic carboxylic acids is 1. The molecule has 0 fully saturated rings. The first-order valence-corrected chi connectivity index (χ1v) is 9.59. The van der Waals surface area contributed by atoms with Crippen molar-refractivity contribution in [2.24, 2.45) is 0 Å². The number of carboxylic acid groups (broad SMARTS) is 1. The maximum absolute atomic E-state index is 11.3. The molecule has 2 nitrogen and oxygen atoms in total. The van der Waals surface area contributed by atoms with Gasteiger partial charge < -0.3 is 5.11 Å². The summed E-state index contributed by atoms with van der Waals surface area (Å²) in [5.41, 5.74) is 2.57. The molecule has 0 aliphatic carbocycles. The van der Waals surface area contributed by atoms with Gasteiger partial charge in [0.15, 0.2) is 0 Å². The summed E-state index contributed by atoms with van der Waals surface area (Å²) in [6, 6.07) is 17.0. The number of hydrogen-bond acceptors (Lipinski definition) is 3. The van der Waals surface area contributed by atoms with Gasteiger partial charge in [-0.3, -0.25) is 4.79 Å². The maximum atomic E-state index is 11.3. The van der Waals surface area contributed by atoms with Crippen molar-refractivity contribution in [1.29, 1.82) is 0 Å². The molecule has 3 rings (SSSR count). The van der Waals surface area contributed by atoms with Crippen molar-refractivity contribution >= 4 is 39.8 Å². The van der Waals surface area contributed by atoms with Crippen LogP contribution in [0.3, 0.4) is 0 Å². The second kappa shape index (κ2) is 6.61. The topological polar surface area (TPSA) is 37.3 Å². The van der Waals surface area contributed by atoms with Crippen LogP contribution in [0.15, 0.2) is 52.7 Å². The van der Waals surface area contributed by atoms with Crippen LogP contribution in [0.5, 0.6) is 0 Å². The predicted octanol–water partition coefficient (Wildman–Crippen LogP) is 6.09. The average Bonchev–Trinajstić information content (AvgIpc) is 3.01. The fourth-order valence-electron chi connectivity index (χ4n) is 2.70. The molecule has 0 amide bonds. The first-order chi connectivity index (χ1) is 11.4. The highest BCUT2D eigenvalue weighted by molar-refractivity contribution is 8.03. The van der Waals surface area contributed by atoms with Crippen molar-refractivity contribution in [1.82, 2.24) is 0 Å². The fourth-order valence-corrected chi connectivity index (χ4v) is 5.26. The molecule has 2 aromatic carbocycles. The molecular formula is C20H20O2S2. The summed E-state index contributed by atoms with van der Waals surface area (Å²) in [5.74, 6) is -0.791. The van der Waals surface area contributed by atoms with Crippen LogP contribution in [-0.4, -0.2) is 15.8 Å². The highest BCUT2D eigenvalue weighted by Gasteiger charge is 2.29. The lowest BCUT2D eigenvalue weighted by Crippen LogP contribution is -2.26. The van der Waals surface area contributed by atoms with Gasteiger partial charge in [0.25, 0.3) is 0 Å². The van der Waals surface area contributed by atoms with E-state index in [-0.39, 0.29) is 0 Å². The fraction of sp³-hybridized carbons (Fsp3) is 0.250. The Balaban J connectivity index is 2.02. The Kier molecular flexibility index (Phi) is 4.70. The van der Waals surface area contributed by atoms with E-state index >= 15 is 0 Å². The van der Waals surface area contributed by atoms with Gasteiger partial charge in [0.1, 0.15) is 4.75 Å². The Hall–Kier alpha value is -1.78. The number of rotatable bonds is 5. The van der Waals surface area contributed by atoms with Crippen molar-refractivity contribution in [2.45, 2.75) is 36.1 Å². The minimum atomic E-state index is -0.823. The maximum Gasteiger partial charge on any atom is 0.319 e. The van der Waals surface area contributed by atoms with Gasteiger partial charge in [-0.25, -0.2) is 0 Å². The van der Waals surface area contributed by atoms with Gasteiger partial charge in [0.05, 0.1) is 4.21 Å². The number of thioether (sulfide) groups is 1. The molecule has 0 radical (unpaired) electrons. The summed E-state index contributed by atoms with van der Waals surface area (Å²) < 4.78 is 0.206. The highest BCUT2D eigenvalue weighted by atomic mass is 32.2. The second-order valence-corrected chi connectivity index (χ2v) is 9.21. The molecule has 0 unspecified atom stereocenters. The standard InChI is InChI=1S/C20H20O2S2/c1-4-13-9-10-16(15-8-6-5-7-14(13)15)17-11-12-18(23-17)24-20(2,3)19(21)22/h5-12H,4H2,1-3H3,(H,21,22). The lowest BCUT2D eigenvalue weighted by molar-refractivity contribution is -0.138. The largest absolute Gasteiger partial charge is 0.480 e. The number of carbonyl (C=O) groups is 1. The molecule has 3 aromatic rings. The van der Waals surface area contributed by atoms with Crippen LogP contribution >= 0.6 is 23.1 Å². The van der Waals surface area contributed by atoms with Crippen LogP contribution in [0.25, 0.3) is 21.2 Å². The molecule has 1 aromatic heterocycles. The Labute approximate surface area is 150 Å². The zero-order valence-corrected chi connectivity index (χ0v) is 15.6. The zero-order chi connectivity index (χ0) is 17.3. The predicted molar refractivity (Wildman–Crippen MR) is 104 cm³/mol. The van der Waals surface area contributed by atoms with Crippen molar-refractivity contribution < 1.29 is 9.90 Å².